The summed E-state index contributed by atoms with van der Waals surface area (Å²) in [5.74, 6) is 0. The number of imidazole rings is 1. The first-order valence-electron chi connectivity index (χ1n) is 7.40. The number of aromatic nitrogens is 2. The van der Waals surface area contributed by atoms with Gasteiger partial charge in [-0.3, -0.25) is 0 Å². The van der Waals surface area contributed by atoms with Crippen LogP contribution in [0.25, 0.3) is 5.69 Å². The number of benzene rings is 2. The highest BCUT2D eigenvalue weighted by atomic mass is 16.3. The van der Waals surface area contributed by atoms with E-state index in [1.165, 1.54) is 5.56 Å². The molecule has 0 aliphatic rings. The highest BCUT2D eigenvalue weighted by Crippen LogP contribution is 2.29. The molecule has 0 saturated carbocycles. The zero-order chi connectivity index (χ0) is 15.7. The van der Waals surface area contributed by atoms with Crippen LogP contribution in [0.3, 0.4) is 0 Å². The Kier molecular flexibility index (Phi) is 3.82. The first-order valence-corrected chi connectivity index (χ1v) is 7.40. The molecule has 3 nitrogen and oxygen atoms in total. The maximum Gasteiger partial charge on any atom is 0.105 e. The molecule has 1 heterocycles. The lowest BCUT2D eigenvalue weighted by Gasteiger charge is -2.18. The molecular weight excluding hydrogens is 272 g/mol. The highest BCUT2D eigenvalue weighted by Gasteiger charge is 2.16. The maximum atomic E-state index is 10.8. The molecule has 0 fully saturated rings. The Morgan fingerprint density at radius 1 is 1.05 bits per heavy atom. The van der Waals surface area contributed by atoms with E-state index in [2.05, 4.69) is 37.9 Å². The van der Waals surface area contributed by atoms with Gasteiger partial charge in [-0.05, 0) is 55.2 Å². The van der Waals surface area contributed by atoms with Crippen molar-refractivity contribution in [3.05, 3.63) is 82.9 Å². The number of hydrogen-bond acceptors (Lipinski definition) is 2. The van der Waals surface area contributed by atoms with Crippen LogP contribution < -0.4 is 0 Å². The van der Waals surface area contributed by atoms with Crippen molar-refractivity contribution in [1.82, 2.24) is 9.55 Å². The molecule has 0 bridgehead atoms. The Morgan fingerprint density at radius 3 is 2.41 bits per heavy atom. The minimum absolute atomic E-state index is 0.621. The van der Waals surface area contributed by atoms with E-state index in [0.29, 0.717) is 0 Å². The number of rotatable bonds is 3. The van der Waals surface area contributed by atoms with Gasteiger partial charge in [-0.2, -0.15) is 0 Å². The second kappa shape index (κ2) is 5.78. The van der Waals surface area contributed by atoms with Crippen molar-refractivity contribution in [2.45, 2.75) is 26.9 Å². The van der Waals surface area contributed by atoms with E-state index in [0.717, 1.165) is 27.9 Å². The van der Waals surface area contributed by atoms with Crippen LogP contribution in [0.5, 0.6) is 0 Å². The third kappa shape index (κ3) is 2.68. The second-order valence-corrected chi connectivity index (χ2v) is 5.78. The largest absolute Gasteiger partial charge is 0.384 e. The molecule has 0 radical (unpaired) electrons. The summed E-state index contributed by atoms with van der Waals surface area (Å²) >= 11 is 0. The Labute approximate surface area is 130 Å². The summed E-state index contributed by atoms with van der Waals surface area (Å²) < 4.78 is 1.94. The Morgan fingerprint density at radius 2 is 1.77 bits per heavy atom. The maximum absolute atomic E-state index is 10.8. The molecule has 2 aromatic carbocycles. The normalized spacial score (nSPS) is 12.4. The molecule has 1 N–H and O–H groups in total. The van der Waals surface area contributed by atoms with Gasteiger partial charge in [-0.1, -0.05) is 29.8 Å². The summed E-state index contributed by atoms with van der Waals surface area (Å²) in [6.07, 6.45) is 4.78. The SMILES string of the molecule is Cc1cc(C)c(C(O)c2cccc(-n3ccnc3)c2)c(C)c1. The molecule has 3 heteroatoms. The van der Waals surface area contributed by atoms with Crippen molar-refractivity contribution >= 4 is 0 Å². The topological polar surface area (TPSA) is 38.0 Å². The molecule has 22 heavy (non-hydrogen) atoms. The molecular formula is C19H20N2O. The number of hydrogen-bond donors (Lipinski definition) is 1. The second-order valence-electron chi connectivity index (χ2n) is 5.78. The van der Waals surface area contributed by atoms with Crippen LogP contribution in [-0.4, -0.2) is 14.7 Å². The number of nitrogens with zero attached hydrogens (tertiary/aromatic N) is 2. The summed E-state index contributed by atoms with van der Waals surface area (Å²) in [5, 5.41) is 10.8. The Hall–Kier alpha value is -2.39. The van der Waals surface area contributed by atoms with Crippen LogP contribution in [-0.2, 0) is 0 Å². The van der Waals surface area contributed by atoms with Crippen molar-refractivity contribution in [1.29, 1.82) is 0 Å². The van der Waals surface area contributed by atoms with Gasteiger partial charge in [0.05, 0.1) is 6.33 Å². The van der Waals surface area contributed by atoms with Gasteiger partial charge in [0.2, 0.25) is 0 Å². The number of aryl methyl sites for hydroxylation is 3. The average molecular weight is 292 g/mol. The summed E-state index contributed by atoms with van der Waals surface area (Å²) in [5.41, 5.74) is 6.35. The van der Waals surface area contributed by atoms with Crippen molar-refractivity contribution in [2.75, 3.05) is 0 Å². The van der Waals surface area contributed by atoms with Crippen LogP contribution in [0.15, 0.2) is 55.1 Å². The van der Waals surface area contributed by atoms with Crippen molar-refractivity contribution in [3.63, 3.8) is 0 Å². The van der Waals surface area contributed by atoms with Crippen molar-refractivity contribution < 1.29 is 5.11 Å². The minimum Gasteiger partial charge on any atom is -0.384 e. The van der Waals surface area contributed by atoms with Crippen molar-refractivity contribution in [2.24, 2.45) is 0 Å². The smallest absolute Gasteiger partial charge is 0.105 e. The van der Waals surface area contributed by atoms with Gasteiger partial charge in [0, 0.05) is 18.1 Å². The molecule has 0 aliphatic heterocycles. The van der Waals surface area contributed by atoms with Gasteiger partial charge in [-0.25, -0.2) is 4.98 Å². The third-order valence-electron chi connectivity index (χ3n) is 4.00. The molecule has 0 spiro atoms. The molecule has 0 amide bonds. The quantitative estimate of drug-likeness (QED) is 0.795. The fourth-order valence-corrected chi connectivity index (χ4v) is 3.06. The average Bonchev–Trinajstić information content (AvgIpc) is 3.00. The number of aliphatic hydroxyl groups excluding tert-OH is 1. The van der Waals surface area contributed by atoms with Crippen LogP contribution in [0, 0.1) is 20.8 Å². The number of aliphatic hydroxyl groups is 1. The molecule has 1 unspecified atom stereocenters. The van der Waals surface area contributed by atoms with E-state index in [1.807, 2.05) is 35.0 Å². The van der Waals surface area contributed by atoms with E-state index >= 15 is 0 Å². The highest BCUT2D eigenvalue weighted by molar-refractivity contribution is 5.45. The monoisotopic (exact) mass is 292 g/mol. The molecule has 112 valence electrons. The van der Waals surface area contributed by atoms with Gasteiger partial charge in [0.15, 0.2) is 0 Å². The fraction of sp³-hybridized carbons (Fsp3) is 0.211. The minimum atomic E-state index is -0.621. The predicted molar refractivity (Wildman–Crippen MR) is 88.3 cm³/mol. The van der Waals surface area contributed by atoms with E-state index < -0.39 is 6.10 Å². The predicted octanol–water partition coefficient (Wildman–Crippen LogP) is 3.88. The lowest BCUT2D eigenvalue weighted by Crippen LogP contribution is -2.06. The molecule has 1 aromatic heterocycles. The van der Waals surface area contributed by atoms with Gasteiger partial charge >= 0.3 is 0 Å². The molecule has 3 rings (SSSR count). The zero-order valence-electron chi connectivity index (χ0n) is 13.1. The van der Waals surface area contributed by atoms with Gasteiger partial charge < -0.3 is 9.67 Å². The Balaban J connectivity index is 2.03. The molecule has 3 aromatic rings. The zero-order valence-corrected chi connectivity index (χ0v) is 13.1. The van der Waals surface area contributed by atoms with E-state index in [1.54, 1.807) is 12.5 Å². The van der Waals surface area contributed by atoms with E-state index in [-0.39, 0.29) is 0 Å². The summed E-state index contributed by atoms with van der Waals surface area (Å²) in [6.45, 7) is 6.19. The van der Waals surface area contributed by atoms with E-state index in [4.69, 9.17) is 0 Å². The van der Waals surface area contributed by atoms with Gasteiger partial charge in [-0.15, -0.1) is 0 Å². The first kappa shape index (κ1) is 14.5. The summed E-state index contributed by atoms with van der Waals surface area (Å²) in [6, 6.07) is 12.2. The fourth-order valence-electron chi connectivity index (χ4n) is 3.06. The van der Waals surface area contributed by atoms with Gasteiger partial charge in [0.1, 0.15) is 6.10 Å². The van der Waals surface area contributed by atoms with Gasteiger partial charge in [0.25, 0.3) is 0 Å². The molecule has 0 aliphatic carbocycles. The van der Waals surface area contributed by atoms with Crippen LogP contribution in [0.1, 0.15) is 33.9 Å². The van der Waals surface area contributed by atoms with Crippen molar-refractivity contribution in [3.8, 4) is 5.69 Å². The van der Waals surface area contributed by atoms with Crippen LogP contribution in [0.2, 0.25) is 0 Å². The molecule has 0 saturated heterocycles. The summed E-state index contributed by atoms with van der Waals surface area (Å²) in [4.78, 5) is 4.07. The summed E-state index contributed by atoms with van der Waals surface area (Å²) in [7, 11) is 0. The molecule has 1 atom stereocenters. The lowest BCUT2D eigenvalue weighted by atomic mass is 9.92. The van der Waals surface area contributed by atoms with E-state index in [9.17, 15) is 5.11 Å². The third-order valence-corrected chi connectivity index (χ3v) is 4.00. The van der Waals surface area contributed by atoms with Crippen LogP contribution in [0.4, 0.5) is 0 Å². The Bertz CT molecular complexity index is 768. The standard InChI is InChI=1S/C19H20N2O/c1-13-9-14(2)18(15(3)10-13)19(22)16-5-4-6-17(11-16)21-8-7-20-12-21/h4-12,19,22H,1-3H3. The first-order chi connectivity index (χ1) is 10.6. The lowest BCUT2D eigenvalue weighted by molar-refractivity contribution is 0.218. The van der Waals surface area contributed by atoms with Crippen LogP contribution >= 0.6 is 0 Å².